The van der Waals surface area contributed by atoms with E-state index in [1.54, 1.807) is 20.4 Å². The minimum atomic E-state index is 0. The zero-order valence-electron chi connectivity index (χ0n) is 17.1. The number of hydrogen-bond donors (Lipinski definition) is 2. The smallest absolute Gasteiger partial charge is 0.191 e. The molecule has 0 aliphatic rings. The van der Waals surface area contributed by atoms with Gasteiger partial charge in [0.15, 0.2) is 5.96 Å². The average molecular weight is 514 g/mol. The SMILES string of the molecule is CN=C(NCCCOCCOC)NCc1ccc(OCc2ccccn2)cc1.I. The van der Waals surface area contributed by atoms with Gasteiger partial charge in [-0.15, -0.1) is 24.0 Å². The number of nitrogens with zero attached hydrogens (tertiary/aromatic N) is 2. The van der Waals surface area contributed by atoms with E-state index in [9.17, 15) is 0 Å². The molecule has 29 heavy (non-hydrogen) atoms. The summed E-state index contributed by atoms with van der Waals surface area (Å²) in [6.07, 6.45) is 2.68. The summed E-state index contributed by atoms with van der Waals surface area (Å²) in [5.41, 5.74) is 2.06. The highest BCUT2D eigenvalue weighted by Gasteiger charge is 2.00. The number of aromatic nitrogens is 1. The Morgan fingerprint density at radius 1 is 1.03 bits per heavy atom. The molecule has 0 spiro atoms. The lowest BCUT2D eigenvalue weighted by atomic mass is 10.2. The average Bonchev–Trinajstić information content (AvgIpc) is 2.75. The first-order valence-corrected chi connectivity index (χ1v) is 9.44. The fourth-order valence-electron chi connectivity index (χ4n) is 2.38. The van der Waals surface area contributed by atoms with Crippen molar-refractivity contribution >= 4 is 29.9 Å². The summed E-state index contributed by atoms with van der Waals surface area (Å²) < 4.78 is 16.1. The van der Waals surface area contributed by atoms with E-state index < -0.39 is 0 Å². The van der Waals surface area contributed by atoms with E-state index in [1.165, 1.54) is 0 Å². The van der Waals surface area contributed by atoms with Crippen LogP contribution in [0.5, 0.6) is 5.75 Å². The van der Waals surface area contributed by atoms with Gasteiger partial charge in [-0.1, -0.05) is 18.2 Å². The van der Waals surface area contributed by atoms with E-state index in [-0.39, 0.29) is 24.0 Å². The Balaban J connectivity index is 0.00000420. The van der Waals surface area contributed by atoms with Gasteiger partial charge in [-0.2, -0.15) is 0 Å². The van der Waals surface area contributed by atoms with Gasteiger partial charge in [-0.3, -0.25) is 9.98 Å². The van der Waals surface area contributed by atoms with Crippen LogP contribution in [0.15, 0.2) is 53.7 Å². The summed E-state index contributed by atoms with van der Waals surface area (Å²) in [4.78, 5) is 8.48. The summed E-state index contributed by atoms with van der Waals surface area (Å²) in [7, 11) is 3.43. The third-order valence-corrected chi connectivity index (χ3v) is 3.91. The van der Waals surface area contributed by atoms with E-state index in [0.717, 1.165) is 35.9 Å². The highest BCUT2D eigenvalue weighted by Crippen LogP contribution is 2.13. The number of pyridine rings is 1. The Morgan fingerprint density at radius 2 is 1.86 bits per heavy atom. The molecule has 2 aromatic rings. The highest BCUT2D eigenvalue weighted by molar-refractivity contribution is 14.0. The molecular weight excluding hydrogens is 483 g/mol. The fourth-order valence-corrected chi connectivity index (χ4v) is 2.38. The van der Waals surface area contributed by atoms with E-state index in [0.29, 0.717) is 33.0 Å². The standard InChI is InChI=1S/C21H30N4O3.HI/c1-22-21(24-12-5-13-27-15-14-26-2)25-16-18-7-9-20(10-8-18)28-17-19-6-3-4-11-23-19;/h3-4,6-11H,5,12-17H2,1-2H3,(H2,22,24,25);1H. The van der Waals surface area contributed by atoms with Crippen LogP contribution in [0.3, 0.4) is 0 Å². The fraction of sp³-hybridized carbons (Fsp3) is 0.429. The summed E-state index contributed by atoms with van der Waals surface area (Å²) in [5.74, 6) is 1.60. The van der Waals surface area contributed by atoms with Crippen molar-refractivity contribution in [2.24, 2.45) is 4.99 Å². The van der Waals surface area contributed by atoms with Gasteiger partial charge < -0.3 is 24.8 Å². The Bertz CT molecular complexity index is 684. The van der Waals surface area contributed by atoms with Gasteiger partial charge in [0.25, 0.3) is 0 Å². The number of methoxy groups -OCH3 is 1. The second-order valence-electron chi connectivity index (χ2n) is 6.06. The lowest BCUT2D eigenvalue weighted by Gasteiger charge is -2.12. The Labute approximate surface area is 190 Å². The van der Waals surface area contributed by atoms with Crippen molar-refractivity contribution in [3.05, 3.63) is 59.9 Å². The zero-order chi connectivity index (χ0) is 19.9. The van der Waals surface area contributed by atoms with Crippen LogP contribution in [-0.4, -0.2) is 51.5 Å². The first kappa shape index (κ1) is 25.1. The highest BCUT2D eigenvalue weighted by atomic mass is 127. The first-order valence-electron chi connectivity index (χ1n) is 9.44. The maximum Gasteiger partial charge on any atom is 0.191 e. The van der Waals surface area contributed by atoms with Crippen molar-refractivity contribution in [2.45, 2.75) is 19.6 Å². The summed E-state index contributed by atoms with van der Waals surface area (Å²) >= 11 is 0. The Hall–Kier alpha value is -1.91. The topological polar surface area (TPSA) is 77.0 Å². The molecule has 0 aliphatic heterocycles. The van der Waals surface area contributed by atoms with Crippen molar-refractivity contribution in [2.75, 3.05) is 40.5 Å². The van der Waals surface area contributed by atoms with Crippen molar-refractivity contribution in [1.82, 2.24) is 15.6 Å². The van der Waals surface area contributed by atoms with Gasteiger partial charge in [0.1, 0.15) is 12.4 Å². The summed E-state index contributed by atoms with van der Waals surface area (Å²) in [6, 6.07) is 13.8. The normalized spacial score (nSPS) is 10.9. The molecule has 1 aromatic heterocycles. The van der Waals surface area contributed by atoms with Gasteiger partial charge in [-0.25, -0.2) is 0 Å². The number of halogens is 1. The van der Waals surface area contributed by atoms with Crippen LogP contribution in [0, 0.1) is 0 Å². The molecule has 8 heteroatoms. The van der Waals surface area contributed by atoms with Crippen molar-refractivity contribution in [3.63, 3.8) is 0 Å². The second-order valence-corrected chi connectivity index (χ2v) is 6.06. The van der Waals surface area contributed by atoms with Crippen LogP contribution in [0.2, 0.25) is 0 Å². The first-order chi connectivity index (χ1) is 13.8. The number of rotatable bonds is 12. The van der Waals surface area contributed by atoms with E-state index >= 15 is 0 Å². The molecule has 0 atom stereocenters. The second kappa shape index (κ2) is 15.9. The number of aliphatic imine (C=N–C) groups is 1. The van der Waals surface area contributed by atoms with Crippen LogP contribution >= 0.6 is 24.0 Å². The summed E-state index contributed by atoms with van der Waals surface area (Å²) in [6.45, 7) is 3.91. The maximum atomic E-state index is 5.76. The molecule has 0 bridgehead atoms. The largest absolute Gasteiger partial charge is 0.487 e. The molecule has 0 aliphatic carbocycles. The maximum absolute atomic E-state index is 5.76. The van der Waals surface area contributed by atoms with Gasteiger partial charge in [0, 0.05) is 40.1 Å². The molecule has 0 saturated heterocycles. The number of ether oxygens (including phenoxy) is 3. The number of nitrogens with one attached hydrogen (secondary N) is 2. The Morgan fingerprint density at radius 3 is 2.55 bits per heavy atom. The van der Waals surface area contributed by atoms with Gasteiger partial charge in [0.05, 0.1) is 18.9 Å². The third kappa shape index (κ3) is 11.0. The summed E-state index contributed by atoms with van der Waals surface area (Å²) in [5, 5.41) is 6.58. The Kier molecular flexibility index (Phi) is 13.8. The predicted octanol–water partition coefficient (Wildman–Crippen LogP) is 3.00. The van der Waals surface area contributed by atoms with Crippen LogP contribution in [0.25, 0.3) is 0 Å². The van der Waals surface area contributed by atoms with Crippen LogP contribution in [0.4, 0.5) is 0 Å². The molecule has 0 saturated carbocycles. The zero-order valence-corrected chi connectivity index (χ0v) is 19.4. The molecule has 2 rings (SSSR count). The van der Waals surface area contributed by atoms with Crippen LogP contribution in [0.1, 0.15) is 17.7 Å². The molecule has 1 aromatic carbocycles. The molecule has 0 fully saturated rings. The van der Waals surface area contributed by atoms with Gasteiger partial charge >= 0.3 is 0 Å². The molecule has 1 heterocycles. The molecule has 7 nitrogen and oxygen atoms in total. The molecular formula is C21H31IN4O3. The van der Waals surface area contributed by atoms with Crippen LogP contribution in [-0.2, 0) is 22.6 Å². The quantitative estimate of drug-likeness (QED) is 0.196. The molecule has 0 unspecified atom stereocenters. The predicted molar refractivity (Wildman–Crippen MR) is 126 cm³/mol. The lowest BCUT2D eigenvalue weighted by Crippen LogP contribution is -2.37. The number of hydrogen-bond acceptors (Lipinski definition) is 5. The van der Waals surface area contributed by atoms with Crippen molar-refractivity contribution < 1.29 is 14.2 Å². The number of benzene rings is 1. The molecule has 0 radical (unpaired) electrons. The minimum absolute atomic E-state index is 0. The molecule has 0 amide bonds. The van der Waals surface area contributed by atoms with E-state index in [4.69, 9.17) is 14.2 Å². The van der Waals surface area contributed by atoms with Gasteiger partial charge in [-0.05, 0) is 36.2 Å². The third-order valence-electron chi connectivity index (χ3n) is 3.91. The van der Waals surface area contributed by atoms with E-state index in [2.05, 4.69) is 20.6 Å². The monoisotopic (exact) mass is 514 g/mol. The molecule has 160 valence electrons. The molecule has 2 N–H and O–H groups in total. The van der Waals surface area contributed by atoms with Crippen LogP contribution < -0.4 is 15.4 Å². The van der Waals surface area contributed by atoms with Gasteiger partial charge in [0.2, 0.25) is 0 Å². The van der Waals surface area contributed by atoms with E-state index in [1.807, 2.05) is 42.5 Å². The van der Waals surface area contributed by atoms with Crippen molar-refractivity contribution in [1.29, 1.82) is 0 Å². The van der Waals surface area contributed by atoms with Crippen molar-refractivity contribution in [3.8, 4) is 5.75 Å². The minimum Gasteiger partial charge on any atom is -0.487 e. The number of guanidine groups is 1. The lowest BCUT2D eigenvalue weighted by molar-refractivity contribution is 0.0698.